The van der Waals surface area contributed by atoms with Crippen LogP contribution < -0.4 is 14.8 Å². The topological polar surface area (TPSA) is 48.3 Å². The van der Waals surface area contributed by atoms with E-state index in [9.17, 15) is 0 Å². The van der Waals surface area contributed by atoms with Crippen LogP contribution in [0.4, 0.5) is 0 Å². The van der Waals surface area contributed by atoms with Gasteiger partial charge >= 0.3 is 0 Å². The standard InChI is InChI=1S/C16H23N3O2/c1-6-19-11(2)14(10-18-19)13-8-16(21-5)15(20-4)7-12(13)9-17-3/h7-8,10,17H,6,9H2,1-5H3. The summed E-state index contributed by atoms with van der Waals surface area (Å²) in [4.78, 5) is 0. The number of nitrogens with zero attached hydrogens (tertiary/aromatic N) is 2. The molecule has 0 aliphatic rings. The van der Waals surface area contributed by atoms with Crippen LogP contribution in [-0.2, 0) is 13.1 Å². The number of methoxy groups -OCH3 is 2. The highest BCUT2D eigenvalue weighted by atomic mass is 16.5. The molecule has 114 valence electrons. The lowest BCUT2D eigenvalue weighted by molar-refractivity contribution is 0.354. The summed E-state index contributed by atoms with van der Waals surface area (Å²) >= 11 is 0. The first kappa shape index (κ1) is 15.4. The third kappa shape index (κ3) is 2.88. The highest BCUT2D eigenvalue weighted by Gasteiger charge is 2.16. The third-order valence-corrected chi connectivity index (χ3v) is 3.67. The van der Waals surface area contributed by atoms with E-state index in [4.69, 9.17) is 9.47 Å². The fraction of sp³-hybridized carbons (Fsp3) is 0.438. The van der Waals surface area contributed by atoms with Gasteiger partial charge in [0, 0.05) is 24.3 Å². The van der Waals surface area contributed by atoms with Gasteiger partial charge in [-0.05, 0) is 44.2 Å². The molecule has 2 aromatic rings. The lowest BCUT2D eigenvalue weighted by atomic mass is 9.99. The van der Waals surface area contributed by atoms with Gasteiger partial charge < -0.3 is 14.8 Å². The second-order valence-electron chi connectivity index (χ2n) is 4.85. The highest BCUT2D eigenvalue weighted by Crippen LogP contribution is 2.36. The molecule has 1 heterocycles. The van der Waals surface area contributed by atoms with Crippen LogP contribution in [0.2, 0.25) is 0 Å². The Morgan fingerprint density at radius 3 is 2.33 bits per heavy atom. The molecular formula is C16H23N3O2. The van der Waals surface area contributed by atoms with E-state index in [2.05, 4.69) is 24.3 Å². The molecule has 1 aromatic heterocycles. The summed E-state index contributed by atoms with van der Waals surface area (Å²) in [6, 6.07) is 4.04. The summed E-state index contributed by atoms with van der Waals surface area (Å²) in [7, 11) is 5.24. The molecule has 0 fully saturated rings. The Balaban J connectivity index is 2.61. The fourth-order valence-electron chi connectivity index (χ4n) is 2.54. The molecule has 2 rings (SSSR count). The van der Waals surface area contributed by atoms with Crippen LogP contribution in [0.5, 0.6) is 11.5 Å². The Hall–Kier alpha value is -2.01. The van der Waals surface area contributed by atoms with E-state index >= 15 is 0 Å². The molecule has 0 aliphatic carbocycles. The highest BCUT2D eigenvalue weighted by molar-refractivity contribution is 5.72. The Morgan fingerprint density at radius 1 is 1.14 bits per heavy atom. The molecule has 0 aliphatic heterocycles. The lowest BCUT2D eigenvalue weighted by Crippen LogP contribution is -2.07. The van der Waals surface area contributed by atoms with Gasteiger partial charge in [0.1, 0.15) is 0 Å². The van der Waals surface area contributed by atoms with Crippen LogP contribution in [0.1, 0.15) is 18.2 Å². The Morgan fingerprint density at radius 2 is 1.81 bits per heavy atom. The number of hydrogen-bond acceptors (Lipinski definition) is 4. The maximum absolute atomic E-state index is 5.43. The van der Waals surface area contributed by atoms with Crippen molar-refractivity contribution >= 4 is 0 Å². The summed E-state index contributed by atoms with van der Waals surface area (Å²) in [6.45, 7) is 5.80. The van der Waals surface area contributed by atoms with E-state index in [1.807, 2.05) is 30.1 Å². The molecule has 21 heavy (non-hydrogen) atoms. The molecule has 0 atom stereocenters. The molecule has 0 radical (unpaired) electrons. The first-order chi connectivity index (χ1) is 10.2. The van der Waals surface area contributed by atoms with Crippen molar-refractivity contribution in [3.63, 3.8) is 0 Å². The largest absolute Gasteiger partial charge is 0.493 e. The van der Waals surface area contributed by atoms with Crippen molar-refractivity contribution in [3.8, 4) is 22.6 Å². The molecule has 5 nitrogen and oxygen atoms in total. The Bertz CT molecular complexity index is 620. The molecular weight excluding hydrogens is 266 g/mol. The van der Waals surface area contributed by atoms with Crippen molar-refractivity contribution in [2.75, 3.05) is 21.3 Å². The second kappa shape index (κ2) is 6.63. The molecule has 1 aromatic carbocycles. The van der Waals surface area contributed by atoms with Gasteiger partial charge in [-0.1, -0.05) is 0 Å². The minimum Gasteiger partial charge on any atom is -0.493 e. The smallest absolute Gasteiger partial charge is 0.161 e. The number of benzene rings is 1. The van der Waals surface area contributed by atoms with Crippen molar-refractivity contribution in [2.45, 2.75) is 26.9 Å². The monoisotopic (exact) mass is 289 g/mol. The Kier molecular flexibility index (Phi) is 4.85. The third-order valence-electron chi connectivity index (χ3n) is 3.67. The first-order valence-corrected chi connectivity index (χ1v) is 7.08. The average Bonchev–Trinajstić information content (AvgIpc) is 2.87. The second-order valence-corrected chi connectivity index (χ2v) is 4.85. The predicted molar refractivity (Wildman–Crippen MR) is 83.9 cm³/mol. The van der Waals surface area contributed by atoms with Crippen LogP contribution in [0.15, 0.2) is 18.3 Å². The van der Waals surface area contributed by atoms with E-state index in [1.165, 1.54) is 0 Å². The van der Waals surface area contributed by atoms with E-state index < -0.39 is 0 Å². The van der Waals surface area contributed by atoms with Gasteiger partial charge in [-0.2, -0.15) is 5.10 Å². The maximum Gasteiger partial charge on any atom is 0.161 e. The molecule has 1 N–H and O–H groups in total. The van der Waals surface area contributed by atoms with Crippen LogP contribution in [-0.4, -0.2) is 31.0 Å². The van der Waals surface area contributed by atoms with Crippen molar-refractivity contribution in [1.82, 2.24) is 15.1 Å². The van der Waals surface area contributed by atoms with Crippen LogP contribution in [0.3, 0.4) is 0 Å². The van der Waals surface area contributed by atoms with Gasteiger partial charge in [0.15, 0.2) is 11.5 Å². The SMILES string of the molecule is CCn1ncc(-c2cc(OC)c(OC)cc2CNC)c1C. The van der Waals surface area contributed by atoms with Gasteiger partial charge in [-0.3, -0.25) is 4.68 Å². The van der Waals surface area contributed by atoms with Crippen molar-refractivity contribution in [2.24, 2.45) is 0 Å². The number of ether oxygens (including phenoxy) is 2. The number of nitrogens with one attached hydrogen (secondary N) is 1. The summed E-state index contributed by atoms with van der Waals surface area (Å²) in [5.74, 6) is 1.48. The van der Waals surface area contributed by atoms with Gasteiger partial charge in [-0.25, -0.2) is 0 Å². The van der Waals surface area contributed by atoms with Crippen LogP contribution in [0, 0.1) is 6.92 Å². The van der Waals surface area contributed by atoms with Gasteiger partial charge in [0.25, 0.3) is 0 Å². The number of aryl methyl sites for hydroxylation is 1. The van der Waals surface area contributed by atoms with Gasteiger partial charge in [0.05, 0.1) is 20.4 Å². The summed E-state index contributed by atoms with van der Waals surface area (Å²) in [6.07, 6.45) is 1.92. The predicted octanol–water partition coefficient (Wildman–Crippen LogP) is 2.62. The number of aromatic nitrogens is 2. The summed E-state index contributed by atoms with van der Waals surface area (Å²) in [5.41, 5.74) is 4.57. The molecule has 0 unspecified atom stereocenters. The number of hydrogen-bond donors (Lipinski definition) is 1. The van der Waals surface area contributed by atoms with Crippen molar-refractivity contribution < 1.29 is 9.47 Å². The summed E-state index contributed by atoms with van der Waals surface area (Å²) in [5, 5.41) is 7.63. The molecule has 0 saturated carbocycles. The normalized spacial score (nSPS) is 10.7. The van der Waals surface area contributed by atoms with Crippen LogP contribution in [0.25, 0.3) is 11.1 Å². The maximum atomic E-state index is 5.43. The first-order valence-electron chi connectivity index (χ1n) is 7.08. The zero-order chi connectivity index (χ0) is 15.4. The quantitative estimate of drug-likeness (QED) is 0.888. The minimum atomic E-state index is 0.732. The zero-order valence-electron chi connectivity index (χ0n) is 13.4. The van der Waals surface area contributed by atoms with Gasteiger partial charge in [0.2, 0.25) is 0 Å². The van der Waals surface area contributed by atoms with E-state index in [-0.39, 0.29) is 0 Å². The minimum absolute atomic E-state index is 0.732. The van der Waals surface area contributed by atoms with Crippen molar-refractivity contribution in [1.29, 1.82) is 0 Å². The van der Waals surface area contributed by atoms with Gasteiger partial charge in [-0.15, -0.1) is 0 Å². The lowest BCUT2D eigenvalue weighted by Gasteiger charge is -2.15. The molecule has 0 bridgehead atoms. The zero-order valence-corrected chi connectivity index (χ0v) is 13.4. The van der Waals surface area contributed by atoms with E-state index in [0.29, 0.717) is 0 Å². The average molecular weight is 289 g/mol. The Labute approximate surface area is 125 Å². The van der Waals surface area contributed by atoms with E-state index in [1.54, 1.807) is 14.2 Å². The molecule has 0 spiro atoms. The van der Waals surface area contributed by atoms with Crippen molar-refractivity contribution in [3.05, 3.63) is 29.6 Å². The molecule has 5 heteroatoms. The molecule has 0 saturated heterocycles. The van der Waals surface area contributed by atoms with Crippen LogP contribution >= 0.6 is 0 Å². The molecule has 0 amide bonds. The summed E-state index contributed by atoms with van der Waals surface area (Å²) < 4.78 is 12.8. The fourth-order valence-corrected chi connectivity index (χ4v) is 2.54. The van der Waals surface area contributed by atoms with E-state index in [0.717, 1.165) is 47.0 Å². The number of rotatable bonds is 6.